The maximum absolute atomic E-state index is 11.3. The van der Waals surface area contributed by atoms with Crippen LogP contribution in [0.4, 0.5) is 0 Å². The number of rotatable bonds is 4. The van der Waals surface area contributed by atoms with E-state index in [0.29, 0.717) is 23.2 Å². The van der Waals surface area contributed by atoms with Gasteiger partial charge in [-0.25, -0.2) is 0 Å². The number of hydrogen-bond donors (Lipinski definition) is 0. The van der Waals surface area contributed by atoms with Gasteiger partial charge in [-0.2, -0.15) is 10.5 Å². The summed E-state index contributed by atoms with van der Waals surface area (Å²) < 4.78 is 7.00. The Labute approximate surface area is 408 Å². The zero-order valence-corrected chi connectivity index (χ0v) is 38.3. The van der Waals surface area contributed by atoms with Crippen LogP contribution in [0.2, 0.25) is 0 Å². The second-order valence-corrected chi connectivity index (χ2v) is 18.9. The molecule has 5 heteroatoms. The summed E-state index contributed by atoms with van der Waals surface area (Å²) in [5, 5.41) is 34.4. The Morgan fingerprint density at radius 1 is 0.366 bits per heavy atom. The van der Waals surface area contributed by atoms with Crippen molar-refractivity contribution in [3.05, 3.63) is 246 Å². The molecule has 0 saturated carbocycles. The van der Waals surface area contributed by atoms with Crippen molar-refractivity contribution < 1.29 is 0 Å². The lowest BCUT2D eigenvalue weighted by atomic mass is 9.73. The fourth-order valence-corrected chi connectivity index (χ4v) is 12.6. The number of nitriles is 2. The zero-order valence-electron chi connectivity index (χ0n) is 38.3. The highest BCUT2D eigenvalue weighted by Crippen LogP contribution is 2.51. The summed E-state index contributed by atoms with van der Waals surface area (Å²) >= 11 is 0. The van der Waals surface area contributed by atoms with Crippen molar-refractivity contribution in [3.63, 3.8) is 0 Å². The van der Waals surface area contributed by atoms with E-state index in [-0.39, 0.29) is 5.92 Å². The zero-order chi connectivity index (χ0) is 46.9. The van der Waals surface area contributed by atoms with Gasteiger partial charge in [-0.1, -0.05) is 146 Å². The highest BCUT2D eigenvalue weighted by Gasteiger charge is 2.32. The first-order chi connectivity index (χ1) is 35.2. The minimum atomic E-state index is -0.165. The molecule has 15 rings (SSSR count). The highest BCUT2D eigenvalue weighted by atomic mass is 15.0. The first-order valence-electron chi connectivity index (χ1n) is 24.2. The lowest BCUT2D eigenvalue weighted by Gasteiger charge is -2.30. The van der Waals surface area contributed by atoms with Crippen molar-refractivity contribution in [2.24, 2.45) is 0 Å². The summed E-state index contributed by atoms with van der Waals surface area (Å²) in [5.74, 6) is -0.165. The van der Waals surface area contributed by atoms with Crippen LogP contribution < -0.4 is 0 Å². The summed E-state index contributed by atoms with van der Waals surface area (Å²) in [7, 11) is 0. The van der Waals surface area contributed by atoms with Gasteiger partial charge >= 0.3 is 0 Å². The molecule has 0 saturated heterocycles. The fraction of sp³-hybridized carbons (Fsp3) is 0.0303. The molecule has 14 aromatic rings. The maximum atomic E-state index is 11.3. The molecule has 11 aromatic carbocycles. The summed E-state index contributed by atoms with van der Waals surface area (Å²) in [6.07, 6.45) is 0.677. The van der Waals surface area contributed by atoms with Crippen LogP contribution in [0, 0.1) is 22.7 Å². The van der Waals surface area contributed by atoms with E-state index >= 15 is 0 Å². The maximum Gasteiger partial charge on any atom is 0.101 e. The molecule has 0 N–H and O–H groups in total. The van der Waals surface area contributed by atoms with Crippen LogP contribution in [0.3, 0.4) is 0 Å². The third-order valence-corrected chi connectivity index (χ3v) is 15.4. The molecular weight excluding hydrogens is 863 g/mol. The molecule has 1 aliphatic carbocycles. The minimum absolute atomic E-state index is 0.165. The average Bonchev–Trinajstić information content (AvgIpc) is 4.09. The first-order valence-corrected chi connectivity index (χ1v) is 24.2. The molecule has 3 aromatic heterocycles. The second kappa shape index (κ2) is 14.9. The van der Waals surface area contributed by atoms with E-state index < -0.39 is 0 Å². The fourth-order valence-electron chi connectivity index (χ4n) is 12.6. The van der Waals surface area contributed by atoms with Crippen LogP contribution in [0.5, 0.6) is 0 Å². The molecule has 0 aliphatic heterocycles. The molecule has 5 nitrogen and oxygen atoms in total. The molecule has 1 atom stereocenters. The van der Waals surface area contributed by atoms with E-state index in [4.69, 9.17) is 0 Å². The van der Waals surface area contributed by atoms with E-state index in [0.717, 1.165) is 71.8 Å². The largest absolute Gasteiger partial charge is 0.309 e. The monoisotopic (exact) mass is 901 g/mol. The predicted octanol–water partition coefficient (Wildman–Crippen LogP) is 16.4. The second-order valence-electron chi connectivity index (χ2n) is 18.9. The average molecular weight is 902 g/mol. The Kier molecular flexibility index (Phi) is 8.26. The van der Waals surface area contributed by atoms with E-state index in [9.17, 15) is 10.5 Å². The number of benzene rings is 11. The van der Waals surface area contributed by atoms with Crippen LogP contribution in [-0.2, 0) is 6.42 Å². The van der Waals surface area contributed by atoms with Gasteiger partial charge in [-0.3, -0.25) is 0 Å². The molecule has 0 spiro atoms. The van der Waals surface area contributed by atoms with Gasteiger partial charge in [-0.05, 0) is 129 Å². The predicted molar refractivity (Wildman–Crippen MR) is 291 cm³/mol. The third kappa shape index (κ3) is 5.43. The van der Waals surface area contributed by atoms with Crippen molar-refractivity contribution in [1.82, 2.24) is 13.7 Å². The quantitative estimate of drug-likeness (QED) is 0.177. The lowest BCUT2D eigenvalue weighted by Crippen LogP contribution is -2.15. The molecule has 1 unspecified atom stereocenters. The molecule has 0 radical (unpaired) electrons. The summed E-state index contributed by atoms with van der Waals surface area (Å²) in [4.78, 5) is 0. The van der Waals surface area contributed by atoms with E-state index in [1.165, 1.54) is 54.3 Å². The molecule has 328 valence electrons. The van der Waals surface area contributed by atoms with Crippen LogP contribution in [0.25, 0.3) is 115 Å². The van der Waals surface area contributed by atoms with E-state index in [1.54, 1.807) is 0 Å². The van der Waals surface area contributed by atoms with E-state index in [1.807, 2.05) is 12.1 Å². The van der Waals surface area contributed by atoms with Crippen LogP contribution in [0.15, 0.2) is 218 Å². The number of aromatic nitrogens is 3. The van der Waals surface area contributed by atoms with Crippen LogP contribution in [-0.4, -0.2) is 13.7 Å². The van der Waals surface area contributed by atoms with Crippen LogP contribution >= 0.6 is 0 Å². The number of nitrogens with zero attached hydrogens (tertiary/aromatic N) is 5. The Bertz CT molecular complexity index is 4690. The van der Waals surface area contributed by atoms with Crippen molar-refractivity contribution in [1.29, 1.82) is 10.5 Å². The minimum Gasteiger partial charge on any atom is -0.309 e. The molecule has 0 amide bonds. The lowest BCUT2D eigenvalue weighted by molar-refractivity contribution is 0.791. The highest BCUT2D eigenvalue weighted by molar-refractivity contribution is 6.33. The molecule has 71 heavy (non-hydrogen) atoms. The van der Waals surface area contributed by atoms with Gasteiger partial charge in [0.25, 0.3) is 0 Å². The molecule has 3 heterocycles. The van der Waals surface area contributed by atoms with Gasteiger partial charge in [0.1, 0.15) is 6.07 Å². The molecule has 0 bridgehead atoms. The number of para-hydroxylation sites is 3. The summed E-state index contributed by atoms with van der Waals surface area (Å²) in [6, 6.07) is 83.1. The van der Waals surface area contributed by atoms with Gasteiger partial charge in [0, 0.05) is 49.6 Å². The molecular formula is C66H39N5. The standard InChI is InChI=1S/C66H39N5/c67-38-43-37-60(71-54-26-14-13-25-51(54)64-57(71)33-34-59-66(64)63-48-22-10-8-16-41(48)28-31-56(63)70(59)46-19-5-2-6-20-46)44(39-68)36-52(43)53-35-42-29-32-58-65(61(42)50-24-12-11-23-49(50)53)62-47-21-9-7-15-40(47)27-30-55(62)69(58)45-17-3-1-4-18-45/h1-34,36-37,53H,35H2. The van der Waals surface area contributed by atoms with Crippen molar-refractivity contribution >= 4 is 87.0 Å². The smallest absolute Gasteiger partial charge is 0.101 e. The van der Waals surface area contributed by atoms with Gasteiger partial charge in [-0.15, -0.1) is 0 Å². The Hall–Kier alpha value is -9.68. The Balaban J connectivity index is 0.962. The number of hydrogen-bond acceptors (Lipinski definition) is 2. The first kappa shape index (κ1) is 39.3. The molecule has 1 aliphatic rings. The Morgan fingerprint density at radius 2 is 0.859 bits per heavy atom. The van der Waals surface area contributed by atoms with E-state index in [2.05, 4.69) is 232 Å². The van der Waals surface area contributed by atoms with Crippen LogP contribution in [0.1, 0.15) is 33.7 Å². The van der Waals surface area contributed by atoms with Crippen molar-refractivity contribution in [2.75, 3.05) is 0 Å². The van der Waals surface area contributed by atoms with Gasteiger partial charge < -0.3 is 13.7 Å². The summed E-state index contributed by atoms with van der Waals surface area (Å²) in [6.45, 7) is 0. The van der Waals surface area contributed by atoms with Gasteiger partial charge in [0.05, 0.1) is 56.0 Å². The van der Waals surface area contributed by atoms with Crippen molar-refractivity contribution in [2.45, 2.75) is 12.3 Å². The van der Waals surface area contributed by atoms with Gasteiger partial charge in [0.2, 0.25) is 0 Å². The van der Waals surface area contributed by atoms with Crippen molar-refractivity contribution in [3.8, 4) is 40.3 Å². The third-order valence-electron chi connectivity index (χ3n) is 15.4. The SMILES string of the molecule is N#Cc1cc(-n2c3ccccc3c3c4c5c6ccccc6ccc5n(-c5ccccc5)c4ccc32)c(C#N)cc1C1Cc2ccc3c(c2-c2ccccc21)c1c2ccccc2ccc1n3-c1ccccc1. The number of fused-ring (bicyclic) bond motifs is 18. The van der Waals surface area contributed by atoms with Gasteiger partial charge in [0.15, 0.2) is 0 Å². The summed E-state index contributed by atoms with van der Waals surface area (Å²) in [5.41, 5.74) is 16.2. The Morgan fingerprint density at radius 3 is 1.52 bits per heavy atom. The normalized spacial score (nSPS) is 13.4. The molecule has 0 fully saturated rings. The topological polar surface area (TPSA) is 62.4 Å².